The van der Waals surface area contributed by atoms with Crippen molar-refractivity contribution in [2.75, 3.05) is 19.8 Å². The molecule has 0 amide bonds. The van der Waals surface area contributed by atoms with Gasteiger partial charge < -0.3 is 20.1 Å². The molecule has 2 N–H and O–H groups in total. The number of nitrogens with zero attached hydrogens (tertiary/aromatic N) is 2. The van der Waals surface area contributed by atoms with Gasteiger partial charge in [0.15, 0.2) is 16.6 Å². The third-order valence-corrected chi connectivity index (χ3v) is 4.66. The molecule has 0 spiro atoms. The lowest BCUT2D eigenvalue weighted by Crippen LogP contribution is -2.37. The molecular weight excluding hydrogens is 360 g/mol. The molecule has 0 saturated carbocycles. The first kappa shape index (κ1) is 21.0. The number of hydrogen-bond donors (Lipinski definition) is 2. The van der Waals surface area contributed by atoms with E-state index >= 15 is 0 Å². The highest BCUT2D eigenvalue weighted by atomic mass is 32.1. The third kappa shape index (κ3) is 5.85. The Balaban J connectivity index is 1.85. The molecule has 0 radical (unpaired) electrons. The summed E-state index contributed by atoms with van der Waals surface area (Å²) in [5, 5.41) is 11.5. The van der Waals surface area contributed by atoms with Gasteiger partial charge in [0, 0.05) is 24.8 Å². The number of thiocarbonyl (C=S) groups is 1. The van der Waals surface area contributed by atoms with Crippen molar-refractivity contribution in [1.29, 1.82) is 0 Å². The zero-order chi connectivity index (χ0) is 19.8. The van der Waals surface area contributed by atoms with E-state index in [2.05, 4.69) is 35.6 Å². The van der Waals surface area contributed by atoms with E-state index in [0.29, 0.717) is 18.3 Å². The Morgan fingerprint density at radius 2 is 1.93 bits per heavy atom. The van der Waals surface area contributed by atoms with Crippen molar-refractivity contribution in [3.63, 3.8) is 0 Å². The van der Waals surface area contributed by atoms with Crippen molar-refractivity contribution in [2.45, 2.75) is 40.2 Å². The van der Waals surface area contributed by atoms with Crippen LogP contribution in [0.15, 0.2) is 24.4 Å². The lowest BCUT2D eigenvalue weighted by atomic mass is 10.1. The van der Waals surface area contributed by atoms with Crippen molar-refractivity contribution >= 4 is 17.3 Å². The summed E-state index contributed by atoms with van der Waals surface area (Å²) in [5.74, 6) is 1.58. The Bertz CT molecular complexity index is 760. The number of ether oxygens (including phenoxy) is 2. The van der Waals surface area contributed by atoms with Gasteiger partial charge in [0.05, 0.1) is 25.5 Å². The van der Waals surface area contributed by atoms with Crippen molar-refractivity contribution in [2.24, 2.45) is 7.05 Å². The monoisotopic (exact) mass is 390 g/mol. The standard InChI is InChI=1S/C20H30N4O2S/c1-6-25-18-9-8-16(12-19(18)26-7-2)10-11-21-20(27)23-14(3)17-13-22-24(5)15(17)4/h8-9,12-14H,6-7,10-11H2,1-5H3,(H2,21,23,27). The molecule has 1 unspecified atom stereocenters. The summed E-state index contributed by atoms with van der Waals surface area (Å²) >= 11 is 5.42. The van der Waals surface area contributed by atoms with E-state index in [1.54, 1.807) is 0 Å². The molecular formula is C20H30N4O2S. The molecule has 6 nitrogen and oxygen atoms in total. The van der Waals surface area contributed by atoms with Crippen LogP contribution in [0.3, 0.4) is 0 Å². The lowest BCUT2D eigenvalue weighted by molar-refractivity contribution is 0.287. The van der Waals surface area contributed by atoms with Crippen molar-refractivity contribution in [3.8, 4) is 11.5 Å². The molecule has 1 heterocycles. The normalized spacial score (nSPS) is 11.7. The molecule has 0 aliphatic heterocycles. The maximum Gasteiger partial charge on any atom is 0.166 e. The fraction of sp³-hybridized carbons (Fsp3) is 0.500. The van der Waals surface area contributed by atoms with Gasteiger partial charge in [-0.2, -0.15) is 5.10 Å². The van der Waals surface area contributed by atoms with E-state index in [0.717, 1.165) is 35.7 Å². The molecule has 148 valence electrons. The van der Waals surface area contributed by atoms with Gasteiger partial charge in [-0.15, -0.1) is 0 Å². The lowest BCUT2D eigenvalue weighted by Gasteiger charge is -2.17. The predicted molar refractivity (Wildman–Crippen MR) is 113 cm³/mol. The predicted octanol–water partition coefficient (Wildman–Crippen LogP) is 3.29. The Kier molecular flexibility index (Phi) is 7.91. The van der Waals surface area contributed by atoms with Gasteiger partial charge in [-0.3, -0.25) is 4.68 Å². The van der Waals surface area contributed by atoms with Crippen LogP contribution in [-0.4, -0.2) is 34.7 Å². The summed E-state index contributed by atoms with van der Waals surface area (Å²) in [4.78, 5) is 0. The minimum Gasteiger partial charge on any atom is -0.490 e. The van der Waals surface area contributed by atoms with Gasteiger partial charge in [0.2, 0.25) is 0 Å². The summed E-state index contributed by atoms with van der Waals surface area (Å²) < 4.78 is 13.2. The number of benzene rings is 1. The maximum absolute atomic E-state index is 5.68. The quantitative estimate of drug-likeness (QED) is 0.641. The second kappa shape index (κ2) is 10.2. The van der Waals surface area contributed by atoms with Crippen LogP contribution in [0.5, 0.6) is 11.5 Å². The second-order valence-electron chi connectivity index (χ2n) is 6.33. The minimum atomic E-state index is 0.105. The first-order valence-electron chi connectivity index (χ1n) is 9.37. The smallest absolute Gasteiger partial charge is 0.166 e. The van der Waals surface area contributed by atoms with Gasteiger partial charge in [0.1, 0.15) is 0 Å². The minimum absolute atomic E-state index is 0.105. The van der Waals surface area contributed by atoms with Crippen molar-refractivity contribution in [1.82, 2.24) is 20.4 Å². The Labute approximate surface area is 167 Å². The zero-order valence-electron chi connectivity index (χ0n) is 16.8. The Hall–Kier alpha value is -2.28. The number of rotatable bonds is 9. The molecule has 27 heavy (non-hydrogen) atoms. The van der Waals surface area contributed by atoms with Crippen LogP contribution in [0.1, 0.15) is 43.6 Å². The van der Waals surface area contributed by atoms with Gasteiger partial charge in [-0.05, 0) is 64.0 Å². The largest absolute Gasteiger partial charge is 0.490 e. The first-order valence-corrected chi connectivity index (χ1v) is 9.78. The van der Waals surface area contributed by atoms with E-state index in [-0.39, 0.29) is 6.04 Å². The van der Waals surface area contributed by atoms with E-state index in [9.17, 15) is 0 Å². The summed E-state index contributed by atoms with van der Waals surface area (Å²) in [6, 6.07) is 6.17. The zero-order valence-corrected chi connectivity index (χ0v) is 17.7. The molecule has 1 atom stereocenters. The molecule has 2 aromatic rings. The van der Waals surface area contributed by atoms with E-state index in [4.69, 9.17) is 21.7 Å². The van der Waals surface area contributed by atoms with Crippen LogP contribution in [0.25, 0.3) is 0 Å². The van der Waals surface area contributed by atoms with Crippen LogP contribution < -0.4 is 20.1 Å². The van der Waals surface area contributed by atoms with E-state index in [1.807, 2.05) is 43.9 Å². The topological polar surface area (TPSA) is 60.3 Å². The molecule has 0 saturated heterocycles. The summed E-state index contributed by atoms with van der Waals surface area (Å²) in [6.45, 7) is 10.0. The number of aromatic nitrogens is 2. The van der Waals surface area contributed by atoms with Gasteiger partial charge >= 0.3 is 0 Å². The molecule has 1 aromatic heterocycles. The molecule has 0 fully saturated rings. The number of nitrogens with one attached hydrogen (secondary N) is 2. The first-order chi connectivity index (χ1) is 13.0. The van der Waals surface area contributed by atoms with Crippen molar-refractivity contribution < 1.29 is 9.47 Å². The molecule has 7 heteroatoms. The Morgan fingerprint density at radius 1 is 1.22 bits per heavy atom. The fourth-order valence-corrected chi connectivity index (χ4v) is 3.12. The highest BCUT2D eigenvalue weighted by Gasteiger charge is 2.13. The van der Waals surface area contributed by atoms with Crippen LogP contribution >= 0.6 is 12.2 Å². The highest BCUT2D eigenvalue weighted by Crippen LogP contribution is 2.28. The fourth-order valence-electron chi connectivity index (χ4n) is 2.84. The van der Waals surface area contributed by atoms with E-state index < -0.39 is 0 Å². The summed E-state index contributed by atoms with van der Waals surface area (Å²) in [5.41, 5.74) is 3.46. The molecule has 1 aromatic carbocycles. The number of aryl methyl sites for hydroxylation is 1. The average molecular weight is 391 g/mol. The molecule has 0 aliphatic rings. The van der Waals surface area contributed by atoms with Crippen LogP contribution in [0.4, 0.5) is 0 Å². The van der Waals surface area contributed by atoms with Crippen LogP contribution in [0, 0.1) is 6.92 Å². The van der Waals surface area contributed by atoms with Gasteiger partial charge in [-0.1, -0.05) is 6.07 Å². The molecule has 0 aliphatic carbocycles. The Morgan fingerprint density at radius 3 is 2.56 bits per heavy atom. The molecule has 0 bridgehead atoms. The van der Waals surface area contributed by atoms with Crippen molar-refractivity contribution in [3.05, 3.63) is 41.2 Å². The average Bonchev–Trinajstić information content (AvgIpc) is 2.96. The van der Waals surface area contributed by atoms with Crippen LogP contribution in [0.2, 0.25) is 0 Å². The molecule has 2 rings (SSSR count). The number of hydrogen-bond acceptors (Lipinski definition) is 4. The van der Waals surface area contributed by atoms with Gasteiger partial charge in [-0.25, -0.2) is 0 Å². The van der Waals surface area contributed by atoms with Gasteiger partial charge in [0.25, 0.3) is 0 Å². The second-order valence-corrected chi connectivity index (χ2v) is 6.74. The summed E-state index contributed by atoms with van der Waals surface area (Å²) in [6.07, 6.45) is 2.72. The van der Waals surface area contributed by atoms with Crippen LogP contribution in [-0.2, 0) is 13.5 Å². The SMILES string of the molecule is CCOc1ccc(CCNC(=S)NC(C)c2cnn(C)c2C)cc1OCC. The third-order valence-electron chi connectivity index (χ3n) is 4.39. The summed E-state index contributed by atoms with van der Waals surface area (Å²) in [7, 11) is 1.94. The van der Waals surface area contributed by atoms with E-state index in [1.165, 1.54) is 5.56 Å². The highest BCUT2D eigenvalue weighted by molar-refractivity contribution is 7.80. The maximum atomic E-state index is 5.68.